The molecule has 1 aromatic carbocycles. The second-order valence-corrected chi connectivity index (χ2v) is 15.8. The van der Waals surface area contributed by atoms with E-state index in [1.54, 1.807) is 30.3 Å². The predicted molar refractivity (Wildman–Crippen MR) is 237 cm³/mol. The number of aliphatic imine (C=N–C) groups is 1. The summed E-state index contributed by atoms with van der Waals surface area (Å²) in [5.74, 6) is -8.47. The van der Waals surface area contributed by atoms with E-state index >= 15 is 0 Å². The highest BCUT2D eigenvalue weighted by Crippen LogP contribution is 2.11. The highest BCUT2D eigenvalue weighted by Gasteiger charge is 2.35. The lowest BCUT2D eigenvalue weighted by molar-refractivity contribution is -0.138. The molecular formula is C42H65N11O13. The first-order valence-corrected chi connectivity index (χ1v) is 21.7. The van der Waals surface area contributed by atoms with E-state index in [1.807, 2.05) is 0 Å². The van der Waals surface area contributed by atoms with Gasteiger partial charge in [0.15, 0.2) is 11.7 Å². The van der Waals surface area contributed by atoms with Crippen LogP contribution >= 0.6 is 0 Å². The van der Waals surface area contributed by atoms with Crippen LogP contribution in [-0.4, -0.2) is 155 Å². The van der Waals surface area contributed by atoms with Gasteiger partial charge in [0, 0.05) is 38.8 Å². The molecular weight excluding hydrogens is 867 g/mol. The number of nitrogens with one attached hydrogen (secondary N) is 8. The molecule has 8 atom stereocenters. The first-order valence-electron chi connectivity index (χ1n) is 21.7. The van der Waals surface area contributed by atoms with Gasteiger partial charge in [0.25, 0.3) is 0 Å². The monoisotopic (exact) mass is 931 g/mol. The van der Waals surface area contributed by atoms with Gasteiger partial charge in [-0.3, -0.25) is 52.9 Å². The molecule has 366 valence electrons. The SMILES string of the molecule is CCC(=O)C(NC(=O)C1CCCC(NC(=O)CNCCC(=O)CCC(=O)O)C(=O)NC(CCCN=C(N)N)C(=O)NC(Cc2ccccc2)C(=O)NCC(=O)NC(C(C)O)C(=O)N1)C(C)O. The first-order chi connectivity index (χ1) is 31.2. The third-order valence-electron chi connectivity index (χ3n) is 10.2. The quantitative estimate of drug-likeness (QED) is 0.0315. The molecule has 0 saturated carbocycles. The van der Waals surface area contributed by atoms with Gasteiger partial charge >= 0.3 is 5.97 Å². The van der Waals surface area contributed by atoms with E-state index < -0.39 is 115 Å². The predicted octanol–water partition coefficient (Wildman–Crippen LogP) is -4.35. The number of carboxylic acids is 1. The third kappa shape index (κ3) is 21.0. The van der Waals surface area contributed by atoms with Gasteiger partial charge in [0.2, 0.25) is 41.4 Å². The maximum Gasteiger partial charge on any atom is 0.303 e. The molecule has 1 fully saturated rings. The number of hydrogen-bond acceptors (Lipinski definition) is 14. The summed E-state index contributed by atoms with van der Waals surface area (Å²) in [7, 11) is 0. The zero-order chi connectivity index (χ0) is 49.3. The van der Waals surface area contributed by atoms with Crippen LogP contribution in [-0.2, 0) is 54.4 Å². The molecule has 1 heterocycles. The van der Waals surface area contributed by atoms with Crippen LogP contribution in [0, 0.1) is 0 Å². The van der Waals surface area contributed by atoms with Crippen molar-refractivity contribution in [1.82, 2.24) is 42.5 Å². The summed E-state index contributed by atoms with van der Waals surface area (Å²) in [6.07, 6.45) is -4.25. The number of nitrogens with two attached hydrogens (primary N) is 2. The van der Waals surface area contributed by atoms with Crippen molar-refractivity contribution in [2.75, 3.05) is 26.2 Å². The third-order valence-corrected chi connectivity index (χ3v) is 10.2. The van der Waals surface area contributed by atoms with E-state index in [9.17, 15) is 58.2 Å². The van der Waals surface area contributed by atoms with Gasteiger partial charge in [-0.1, -0.05) is 37.3 Å². The number of benzene rings is 1. The molecule has 2 rings (SSSR count). The second-order valence-electron chi connectivity index (χ2n) is 15.8. The fourth-order valence-corrected chi connectivity index (χ4v) is 6.61. The molecule has 8 unspecified atom stereocenters. The van der Waals surface area contributed by atoms with Crippen molar-refractivity contribution in [3.05, 3.63) is 35.9 Å². The van der Waals surface area contributed by atoms with Gasteiger partial charge in [0.05, 0.1) is 31.7 Å². The van der Waals surface area contributed by atoms with Crippen molar-refractivity contribution in [3.63, 3.8) is 0 Å². The number of aliphatic hydroxyl groups is 2. The summed E-state index contributed by atoms with van der Waals surface area (Å²) in [5, 5.41) is 49.9. The van der Waals surface area contributed by atoms with Gasteiger partial charge in [-0.15, -0.1) is 0 Å². The molecule has 1 saturated heterocycles. The number of ketones is 2. The number of rotatable bonds is 21. The maximum atomic E-state index is 14.2. The largest absolute Gasteiger partial charge is 0.481 e. The van der Waals surface area contributed by atoms with Gasteiger partial charge in [-0.25, -0.2) is 0 Å². The van der Waals surface area contributed by atoms with E-state index in [0.717, 1.165) is 0 Å². The Labute approximate surface area is 382 Å². The summed E-state index contributed by atoms with van der Waals surface area (Å²) in [4.78, 5) is 135. The topological polar surface area (TPSA) is 392 Å². The number of amides is 7. The fraction of sp³-hybridized carbons (Fsp3) is 0.595. The zero-order valence-electron chi connectivity index (χ0n) is 37.4. The Morgan fingerprint density at radius 3 is 2.15 bits per heavy atom. The molecule has 15 N–H and O–H groups in total. The minimum atomic E-state index is -1.69. The molecule has 66 heavy (non-hydrogen) atoms. The summed E-state index contributed by atoms with van der Waals surface area (Å²) < 4.78 is 0. The summed E-state index contributed by atoms with van der Waals surface area (Å²) in [6, 6.07) is -0.171. The Morgan fingerprint density at radius 1 is 0.848 bits per heavy atom. The van der Waals surface area contributed by atoms with Crippen molar-refractivity contribution in [2.24, 2.45) is 16.5 Å². The van der Waals surface area contributed by atoms with Crippen LogP contribution in [0.2, 0.25) is 0 Å². The molecule has 1 aromatic rings. The van der Waals surface area contributed by atoms with Crippen molar-refractivity contribution in [2.45, 2.75) is 133 Å². The fourth-order valence-electron chi connectivity index (χ4n) is 6.61. The highest BCUT2D eigenvalue weighted by atomic mass is 16.4. The number of Topliss-reactive ketones (excluding diaryl/α,β-unsaturated/α-hetero) is 2. The second kappa shape index (κ2) is 29.1. The summed E-state index contributed by atoms with van der Waals surface area (Å²) in [6.45, 7) is 2.88. The number of nitrogens with zero attached hydrogens (tertiary/aromatic N) is 1. The van der Waals surface area contributed by atoms with Gasteiger partial charge in [-0.05, 0) is 51.5 Å². The lowest BCUT2D eigenvalue weighted by Crippen LogP contribution is -2.60. The minimum absolute atomic E-state index is 0.00309. The Morgan fingerprint density at radius 2 is 1.53 bits per heavy atom. The number of aliphatic carboxylic acids is 1. The molecule has 0 radical (unpaired) electrons. The molecule has 0 aromatic heterocycles. The molecule has 0 aliphatic carbocycles. The molecule has 1 aliphatic heterocycles. The Hall–Kier alpha value is -6.53. The smallest absolute Gasteiger partial charge is 0.303 e. The molecule has 1 aliphatic rings. The number of carbonyl (C=O) groups is 10. The molecule has 0 bridgehead atoms. The van der Waals surface area contributed by atoms with E-state index in [0.29, 0.717) is 5.56 Å². The van der Waals surface area contributed by atoms with E-state index in [1.165, 1.54) is 20.8 Å². The maximum absolute atomic E-state index is 14.2. The van der Waals surface area contributed by atoms with Crippen LogP contribution < -0.4 is 54.0 Å². The zero-order valence-corrected chi connectivity index (χ0v) is 37.4. The molecule has 7 amide bonds. The van der Waals surface area contributed by atoms with Crippen molar-refractivity contribution < 1.29 is 63.3 Å². The van der Waals surface area contributed by atoms with E-state index in [4.69, 9.17) is 16.6 Å². The highest BCUT2D eigenvalue weighted by molar-refractivity contribution is 5.97. The van der Waals surface area contributed by atoms with Crippen LogP contribution in [0.5, 0.6) is 0 Å². The molecule has 24 heteroatoms. The van der Waals surface area contributed by atoms with Crippen molar-refractivity contribution in [3.8, 4) is 0 Å². The molecule has 0 spiro atoms. The van der Waals surface area contributed by atoms with Crippen molar-refractivity contribution >= 4 is 64.8 Å². The number of carboxylic acid groups (broad SMARTS) is 1. The van der Waals surface area contributed by atoms with Crippen LogP contribution in [0.15, 0.2) is 35.3 Å². The molecule has 24 nitrogen and oxygen atoms in total. The number of aliphatic hydroxyl groups excluding tert-OH is 2. The van der Waals surface area contributed by atoms with Crippen LogP contribution in [0.3, 0.4) is 0 Å². The normalized spacial score (nSPS) is 21.5. The van der Waals surface area contributed by atoms with E-state index in [2.05, 4.69) is 47.5 Å². The van der Waals surface area contributed by atoms with Gasteiger partial charge < -0.3 is 69.3 Å². The van der Waals surface area contributed by atoms with Gasteiger partial charge in [-0.2, -0.15) is 0 Å². The average molecular weight is 932 g/mol. The number of guanidine groups is 1. The number of hydrogen-bond donors (Lipinski definition) is 13. The first kappa shape index (κ1) is 55.6. The lowest BCUT2D eigenvalue weighted by atomic mass is 10.0. The van der Waals surface area contributed by atoms with Crippen LogP contribution in [0.1, 0.15) is 84.1 Å². The van der Waals surface area contributed by atoms with Gasteiger partial charge in [0.1, 0.15) is 42.0 Å². The Bertz CT molecular complexity index is 1880. The van der Waals surface area contributed by atoms with Crippen LogP contribution in [0.25, 0.3) is 0 Å². The Kier molecular flexibility index (Phi) is 24.5. The summed E-state index contributed by atoms with van der Waals surface area (Å²) in [5.41, 5.74) is 11.6. The standard InChI is InChI=1S/C42H65N11O13/c1-4-31(57)35(23(2)54)53-40(65)28-13-8-12-27(48-32(58)21-45-19-17-26(56)15-16-34(60)61)38(63)49-29(14-9-18-46-42(43)44)39(64)51-30(20-25-10-6-5-7-11-25)37(62)47-22-33(59)52-36(24(3)55)41(66)50-28/h5-7,10-11,23-24,27-30,35-36,45,54-55H,4,8-9,12-22H2,1-3H3,(H,47,62)(H,48,58)(H,49,63)(H,50,66)(H,51,64)(H,52,59)(H,53,65)(H,60,61)(H4,43,44,46). The average Bonchev–Trinajstić information content (AvgIpc) is 3.26. The summed E-state index contributed by atoms with van der Waals surface area (Å²) >= 11 is 0. The lowest BCUT2D eigenvalue weighted by Gasteiger charge is -2.27. The van der Waals surface area contributed by atoms with E-state index in [-0.39, 0.29) is 89.0 Å². The van der Waals surface area contributed by atoms with Crippen LogP contribution in [0.4, 0.5) is 0 Å². The minimum Gasteiger partial charge on any atom is -0.481 e. The Balaban J connectivity index is 2.60. The van der Waals surface area contributed by atoms with Crippen molar-refractivity contribution in [1.29, 1.82) is 0 Å². The number of carbonyl (C=O) groups excluding carboxylic acids is 9.